The van der Waals surface area contributed by atoms with Gasteiger partial charge >= 0.3 is 0 Å². The Hall–Kier alpha value is -2.39. The quantitative estimate of drug-likeness (QED) is 0.308. The van der Waals surface area contributed by atoms with E-state index >= 15 is 0 Å². The van der Waals surface area contributed by atoms with Crippen molar-refractivity contribution in [3.05, 3.63) is 70.3 Å². The summed E-state index contributed by atoms with van der Waals surface area (Å²) in [7, 11) is 0.296. The summed E-state index contributed by atoms with van der Waals surface area (Å²) in [4.78, 5) is 18.2. The molecule has 284 valence electrons. The molecule has 7 atom stereocenters. The normalized spacial score (nSPS) is 28.9. The Morgan fingerprint density at radius 1 is 1.02 bits per heavy atom. The van der Waals surface area contributed by atoms with E-state index < -0.39 is 11.0 Å². The minimum absolute atomic E-state index is 0.0478. The maximum absolute atomic E-state index is 13.3. The second-order valence-corrected chi connectivity index (χ2v) is 16.4. The summed E-state index contributed by atoms with van der Waals surface area (Å²) in [5.41, 5.74) is 3.95. The first-order chi connectivity index (χ1) is 24.7. The van der Waals surface area contributed by atoms with Gasteiger partial charge in [0.2, 0.25) is 0 Å². The highest BCUT2D eigenvalue weighted by atomic mass is 35.5. The number of nitrogens with one attached hydrogen (secondary N) is 1. The molecule has 4 aliphatic rings. The van der Waals surface area contributed by atoms with Crippen molar-refractivity contribution in [1.82, 2.24) is 9.62 Å². The van der Waals surface area contributed by atoms with Gasteiger partial charge in [0, 0.05) is 36.7 Å². The predicted molar refractivity (Wildman–Crippen MR) is 215 cm³/mol. The molecule has 2 aromatic carbocycles. The third kappa shape index (κ3) is 11.1. The maximum atomic E-state index is 13.3. The smallest absolute Gasteiger partial charge is 0.263 e. The summed E-state index contributed by atoms with van der Waals surface area (Å²) in [5, 5.41) is 0.569. The van der Waals surface area contributed by atoms with Gasteiger partial charge in [0.05, 0.1) is 23.6 Å². The molecule has 1 saturated heterocycles. The molecule has 0 aromatic heterocycles. The molecule has 6 rings (SSSR count). The van der Waals surface area contributed by atoms with Gasteiger partial charge in [-0.1, -0.05) is 77.3 Å². The average molecular weight is 743 g/mol. The van der Waals surface area contributed by atoms with Crippen LogP contribution in [0.3, 0.4) is 0 Å². The molecule has 2 aromatic rings. The van der Waals surface area contributed by atoms with Crippen LogP contribution in [0, 0.1) is 17.8 Å². The summed E-state index contributed by atoms with van der Waals surface area (Å²) in [6.45, 7) is 18.6. The van der Waals surface area contributed by atoms with Crippen LogP contribution in [0.25, 0.3) is 0 Å². The number of fused-ring (bicyclic) bond motifs is 2. The fourth-order valence-electron chi connectivity index (χ4n) is 7.74. The van der Waals surface area contributed by atoms with E-state index in [4.69, 9.17) is 21.1 Å². The highest BCUT2D eigenvalue weighted by Crippen LogP contribution is 2.43. The first-order valence-electron chi connectivity index (χ1n) is 19.7. The van der Waals surface area contributed by atoms with Crippen molar-refractivity contribution in [2.45, 2.75) is 110 Å². The number of ether oxygens (including phenoxy) is 2. The van der Waals surface area contributed by atoms with Gasteiger partial charge in [-0.3, -0.25) is 9.52 Å². The second kappa shape index (κ2) is 20.7. The van der Waals surface area contributed by atoms with E-state index in [2.05, 4.69) is 59.6 Å². The summed E-state index contributed by atoms with van der Waals surface area (Å²) in [6, 6.07) is 11.8. The Bertz CT molecular complexity index is 1450. The van der Waals surface area contributed by atoms with Gasteiger partial charge in [0.25, 0.3) is 5.91 Å². The summed E-state index contributed by atoms with van der Waals surface area (Å²) in [5.74, 6) is 1.64. The molecule has 1 N–H and O–H groups in total. The first-order valence-corrected chi connectivity index (χ1v) is 21.2. The summed E-state index contributed by atoms with van der Waals surface area (Å²) < 4.78 is 28.3. The molecule has 0 radical (unpaired) electrons. The highest BCUT2D eigenvalue weighted by molar-refractivity contribution is 7.84. The average Bonchev–Trinajstić information content (AvgIpc) is 3.32. The van der Waals surface area contributed by atoms with E-state index in [-0.39, 0.29) is 29.1 Å². The van der Waals surface area contributed by atoms with E-state index in [1.165, 1.54) is 50.0 Å². The lowest BCUT2D eigenvalue weighted by Gasteiger charge is -2.43. The van der Waals surface area contributed by atoms with Crippen LogP contribution >= 0.6 is 11.6 Å². The number of piperidine rings is 1. The molecule has 2 bridgehead atoms. The van der Waals surface area contributed by atoms with Crippen molar-refractivity contribution in [1.29, 1.82) is 0 Å². The largest absolute Gasteiger partial charge is 0.491 e. The Kier molecular flexibility index (Phi) is 16.8. The molecule has 1 aliphatic carbocycles. The van der Waals surface area contributed by atoms with E-state index in [0.717, 1.165) is 61.7 Å². The molecule has 7 nitrogen and oxygen atoms in total. The zero-order valence-electron chi connectivity index (χ0n) is 32.3. The number of likely N-dealkylation sites (tertiary alicyclic amines) is 1. The van der Waals surface area contributed by atoms with Crippen LogP contribution in [0.2, 0.25) is 5.02 Å². The standard InChI is InChI=1S/C33H43ClN2O4S.C7H15N.C2H6/c1-5-7-23-16-27(34)12-14-28(23)26-19-36-18-25-10-13-29(25)31(39-4)9-6-8-21(2)22(3)41(38)35-33(37)24-11-15-32(40-20-26)30(36)17-24;1-2-8-6-4-3-5-7-8;1-2/h6,9,11-12,14-17,21-22,25-26,29,31H,5,7-8,10,13,18-20H2,1-4H3,(H,35,37);2-7H2,1H3;1-2H3/b9-6+;;. The maximum Gasteiger partial charge on any atom is 0.263 e. The summed E-state index contributed by atoms with van der Waals surface area (Å²) >= 11 is 6.40. The number of methoxy groups -OCH3 is 1. The van der Waals surface area contributed by atoms with E-state index in [9.17, 15) is 9.00 Å². The number of carbonyl (C=O) groups excluding carboxylic acids is 1. The number of allylic oxidation sites excluding steroid dienone is 1. The molecule has 2 fully saturated rings. The number of carbonyl (C=O) groups is 1. The molecule has 3 aliphatic heterocycles. The van der Waals surface area contributed by atoms with Crippen molar-refractivity contribution in [2.24, 2.45) is 17.8 Å². The molecule has 9 heteroatoms. The lowest BCUT2D eigenvalue weighted by Crippen LogP contribution is -2.44. The Labute approximate surface area is 316 Å². The molecule has 0 spiro atoms. The number of amides is 1. The number of nitrogens with zero attached hydrogens (tertiary/aromatic N) is 2. The fourth-order valence-corrected chi connectivity index (χ4v) is 8.95. The molecule has 51 heavy (non-hydrogen) atoms. The van der Waals surface area contributed by atoms with Crippen molar-refractivity contribution in [3.8, 4) is 5.75 Å². The predicted octanol–water partition coefficient (Wildman–Crippen LogP) is 9.21. The first kappa shape index (κ1) is 41.4. The van der Waals surface area contributed by atoms with Crippen molar-refractivity contribution in [2.75, 3.05) is 51.3 Å². The van der Waals surface area contributed by atoms with E-state index in [1.54, 1.807) is 13.2 Å². The topological polar surface area (TPSA) is 71.1 Å². The molecule has 1 saturated carbocycles. The molecular weight excluding hydrogens is 678 g/mol. The van der Waals surface area contributed by atoms with Crippen molar-refractivity contribution >= 4 is 34.2 Å². The van der Waals surface area contributed by atoms with Crippen LogP contribution in [0.1, 0.15) is 114 Å². The van der Waals surface area contributed by atoms with Crippen LogP contribution in [0.15, 0.2) is 48.6 Å². The van der Waals surface area contributed by atoms with Crippen LogP contribution in [-0.4, -0.2) is 72.8 Å². The van der Waals surface area contributed by atoms with Crippen LogP contribution < -0.4 is 14.4 Å². The number of hydrogen-bond acceptors (Lipinski definition) is 6. The van der Waals surface area contributed by atoms with E-state index in [1.807, 2.05) is 39.0 Å². The van der Waals surface area contributed by atoms with Gasteiger partial charge in [0.15, 0.2) is 0 Å². The van der Waals surface area contributed by atoms with Gasteiger partial charge in [-0.15, -0.1) is 0 Å². The van der Waals surface area contributed by atoms with Crippen LogP contribution in [0.4, 0.5) is 5.69 Å². The highest BCUT2D eigenvalue weighted by Gasteiger charge is 2.39. The minimum Gasteiger partial charge on any atom is -0.491 e. The Morgan fingerprint density at radius 3 is 2.43 bits per heavy atom. The fraction of sp³-hybridized carbons (Fsp3) is 0.643. The molecule has 3 heterocycles. The zero-order chi connectivity index (χ0) is 36.9. The van der Waals surface area contributed by atoms with Gasteiger partial charge < -0.3 is 19.3 Å². The number of halogens is 1. The second-order valence-electron chi connectivity index (χ2n) is 14.5. The van der Waals surface area contributed by atoms with Gasteiger partial charge in [-0.2, -0.15) is 0 Å². The van der Waals surface area contributed by atoms with Crippen molar-refractivity contribution < 1.29 is 18.5 Å². The molecule has 7 unspecified atom stereocenters. The minimum atomic E-state index is -1.50. The zero-order valence-corrected chi connectivity index (χ0v) is 33.9. The number of anilines is 1. The number of aryl methyl sites for hydroxylation is 1. The lowest BCUT2D eigenvalue weighted by atomic mass is 9.70. The third-order valence-corrected chi connectivity index (χ3v) is 13.0. The Morgan fingerprint density at radius 2 is 1.78 bits per heavy atom. The van der Waals surface area contributed by atoms with Crippen LogP contribution in [0.5, 0.6) is 5.75 Å². The van der Waals surface area contributed by atoms with Gasteiger partial charge in [0.1, 0.15) is 16.7 Å². The summed E-state index contributed by atoms with van der Waals surface area (Å²) in [6.07, 6.45) is 13.8. The lowest BCUT2D eigenvalue weighted by molar-refractivity contribution is 0.0134. The number of benzene rings is 2. The number of hydrogen-bond donors (Lipinski definition) is 1. The molecular formula is C42H64ClN3O4S. The van der Waals surface area contributed by atoms with Crippen molar-refractivity contribution in [3.63, 3.8) is 0 Å². The third-order valence-electron chi connectivity index (χ3n) is 11.2. The molecule has 1 amide bonds. The van der Waals surface area contributed by atoms with Gasteiger partial charge in [-0.25, -0.2) is 4.21 Å². The van der Waals surface area contributed by atoms with Gasteiger partial charge in [-0.05, 0) is 124 Å². The Balaban J connectivity index is 0.000000508. The monoisotopic (exact) mass is 741 g/mol. The van der Waals surface area contributed by atoms with E-state index in [0.29, 0.717) is 24.0 Å². The SMILES string of the molecule is CC.CCCc1cc(Cl)ccc1C1COc2ccc3cc2N(C1)CC1CCC1C(OC)/C=C/CC(C)C(C)S(=O)NC3=O.CCN1CCCCC1. The van der Waals surface area contributed by atoms with Crippen LogP contribution in [-0.2, 0) is 22.1 Å². The number of rotatable bonds is 5.